The monoisotopic (exact) mass is 407 g/mol. The highest BCUT2D eigenvalue weighted by molar-refractivity contribution is 5.96. The third-order valence-electron chi connectivity index (χ3n) is 5.83. The Hall–Kier alpha value is -2.86. The number of amides is 2. The average Bonchev–Trinajstić information content (AvgIpc) is 2.80. The molecule has 2 aliphatic rings. The van der Waals surface area contributed by atoms with E-state index < -0.39 is 0 Å². The van der Waals surface area contributed by atoms with Gasteiger partial charge in [-0.05, 0) is 54.8 Å². The van der Waals surface area contributed by atoms with Crippen LogP contribution in [-0.2, 0) is 16.1 Å². The van der Waals surface area contributed by atoms with E-state index in [0.29, 0.717) is 18.5 Å². The largest absolute Gasteiger partial charge is 0.378 e. The second-order valence-electron chi connectivity index (χ2n) is 7.98. The third kappa shape index (κ3) is 4.65. The van der Waals surface area contributed by atoms with Gasteiger partial charge in [0.1, 0.15) is 0 Å². The topological polar surface area (TPSA) is 53.1 Å². The van der Waals surface area contributed by atoms with E-state index >= 15 is 0 Å². The summed E-state index contributed by atoms with van der Waals surface area (Å²) in [6.07, 6.45) is 2.59. The first-order valence-electron chi connectivity index (χ1n) is 10.7. The number of anilines is 2. The zero-order valence-electron chi connectivity index (χ0n) is 17.5. The summed E-state index contributed by atoms with van der Waals surface area (Å²) in [5.74, 6) is 0.141. The number of piperidine rings is 1. The highest BCUT2D eigenvalue weighted by Gasteiger charge is 2.20. The normalized spacial score (nSPS) is 17.2. The van der Waals surface area contributed by atoms with Gasteiger partial charge >= 0.3 is 0 Å². The molecule has 0 spiro atoms. The van der Waals surface area contributed by atoms with E-state index in [1.165, 1.54) is 5.69 Å². The molecule has 0 radical (unpaired) electrons. The van der Waals surface area contributed by atoms with Crippen molar-refractivity contribution < 1.29 is 14.3 Å². The standard InChI is InChI=1S/C24H29N3O3/c1-25(18-19-5-9-21(10-6-19)26-14-16-30-17-15-26)24(29)20-7-11-22(12-8-20)27-13-3-2-4-23(27)28/h5-12H,2-4,13-18H2,1H3. The number of carbonyl (C=O) groups excluding carboxylic acids is 2. The fraction of sp³-hybridized carbons (Fsp3) is 0.417. The Kier molecular flexibility index (Phi) is 6.33. The number of nitrogens with zero attached hydrogens (tertiary/aromatic N) is 3. The fourth-order valence-electron chi connectivity index (χ4n) is 4.06. The molecule has 0 bridgehead atoms. The van der Waals surface area contributed by atoms with Crippen molar-refractivity contribution in [3.8, 4) is 0 Å². The molecule has 6 nitrogen and oxygen atoms in total. The maximum atomic E-state index is 12.8. The van der Waals surface area contributed by atoms with Gasteiger partial charge in [0.2, 0.25) is 5.91 Å². The van der Waals surface area contributed by atoms with Crippen LogP contribution in [0.3, 0.4) is 0 Å². The summed E-state index contributed by atoms with van der Waals surface area (Å²) in [6.45, 7) is 4.67. The summed E-state index contributed by atoms with van der Waals surface area (Å²) >= 11 is 0. The average molecular weight is 408 g/mol. The van der Waals surface area contributed by atoms with Gasteiger partial charge in [0, 0.05) is 56.6 Å². The smallest absolute Gasteiger partial charge is 0.253 e. The van der Waals surface area contributed by atoms with Crippen molar-refractivity contribution in [1.82, 2.24) is 4.90 Å². The Morgan fingerprint density at radius 2 is 1.60 bits per heavy atom. The van der Waals surface area contributed by atoms with Crippen LogP contribution in [0.15, 0.2) is 48.5 Å². The SMILES string of the molecule is CN(Cc1ccc(N2CCOCC2)cc1)C(=O)c1ccc(N2CCCCC2=O)cc1. The van der Waals surface area contributed by atoms with Crippen molar-refractivity contribution in [2.75, 3.05) is 49.7 Å². The van der Waals surface area contributed by atoms with Gasteiger partial charge in [0.05, 0.1) is 13.2 Å². The van der Waals surface area contributed by atoms with Crippen LogP contribution in [0.5, 0.6) is 0 Å². The van der Waals surface area contributed by atoms with E-state index in [1.54, 1.807) is 4.90 Å². The number of hydrogen-bond acceptors (Lipinski definition) is 4. The molecule has 2 amide bonds. The predicted octanol–water partition coefficient (Wildman–Crippen LogP) is 3.31. The minimum Gasteiger partial charge on any atom is -0.378 e. The van der Waals surface area contributed by atoms with Crippen LogP contribution in [0.1, 0.15) is 35.2 Å². The molecule has 0 aromatic heterocycles. The molecule has 0 unspecified atom stereocenters. The molecule has 0 aliphatic carbocycles. The second kappa shape index (κ2) is 9.30. The number of carbonyl (C=O) groups is 2. The predicted molar refractivity (Wildman–Crippen MR) is 118 cm³/mol. The van der Waals surface area contributed by atoms with Crippen molar-refractivity contribution in [1.29, 1.82) is 0 Å². The van der Waals surface area contributed by atoms with Crippen LogP contribution in [-0.4, -0.2) is 56.6 Å². The highest BCUT2D eigenvalue weighted by atomic mass is 16.5. The van der Waals surface area contributed by atoms with Gasteiger partial charge in [0.25, 0.3) is 5.91 Å². The van der Waals surface area contributed by atoms with Gasteiger partial charge in [-0.15, -0.1) is 0 Å². The number of rotatable bonds is 5. The van der Waals surface area contributed by atoms with Crippen molar-refractivity contribution >= 4 is 23.2 Å². The third-order valence-corrected chi connectivity index (χ3v) is 5.83. The molecule has 30 heavy (non-hydrogen) atoms. The van der Waals surface area contributed by atoms with Crippen molar-refractivity contribution in [2.45, 2.75) is 25.8 Å². The molecule has 0 atom stereocenters. The summed E-state index contributed by atoms with van der Waals surface area (Å²) in [5.41, 5.74) is 3.80. The van der Waals surface area contributed by atoms with E-state index in [0.717, 1.165) is 56.9 Å². The number of benzene rings is 2. The van der Waals surface area contributed by atoms with E-state index in [-0.39, 0.29) is 11.8 Å². The molecule has 4 rings (SSSR count). The molecule has 0 saturated carbocycles. The van der Waals surface area contributed by atoms with Crippen LogP contribution >= 0.6 is 0 Å². The number of morpholine rings is 1. The molecule has 158 valence electrons. The molecular weight excluding hydrogens is 378 g/mol. The lowest BCUT2D eigenvalue weighted by molar-refractivity contribution is -0.119. The summed E-state index contributed by atoms with van der Waals surface area (Å²) in [5, 5.41) is 0. The van der Waals surface area contributed by atoms with Gasteiger partial charge in [-0.3, -0.25) is 9.59 Å². The molecule has 2 aliphatic heterocycles. The summed E-state index contributed by atoms with van der Waals surface area (Å²) in [6, 6.07) is 15.8. The molecule has 2 heterocycles. The van der Waals surface area contributed by atoms with Crippen molar-refractivity contribution in [2.24, 2.45) is 0 Å². The van der Waals surface area contributed by atoms with Crippen LogP contribution in [0, 0.1) is 0 Å². The molecule has 2 fully saturated rings. The number of hydrogen-bond donors (Lipinski definition) is 0. The van der Waals surface area contributed by atoms with Gasteiger partial charge in [-0.2, -0.15) is 0 Å². The molecule has 6 heteroatoms. The zero-order valence-corrected chi connectivity index (χ0v) is 17.5. The van der Waals surface area contributed by atoms with E-state index in [9.17, 15) is 9.59 Å². The van der Waals surface area contributed by atoms with Crippen molar-refractivity contribution in [3.63, 3.8) is 0 Å². The van der Waals surface area contributed by atoms with Gasteiger partial charge < -0.3 is 19.4 Å². The first-order chi connectivity index (χ1) is 14.6. The quantitative estimate of drug-likeness (QED) is 0.763. The molecule has 2 saturated heterocycles. The first kappa shape index (κ1) is 20.4. The Bertz CT molecular complexity index is 874. The highest BCUT2D eigenvalue weighted by Crippen LogP contribution is 2.22. The maximum absolute atomic E-state index is 12.8. The Morgan fingerprint density at radius 1 is 0.933 bits per heavy atom. The number of ether oxygens (including phenoxy) is 1. The first-order valence-corrected chi connectivity index (χ1v) is 10.7. The second-order valence-corrected chi connectivity index (χ2v) is 7.98. The molecule has 2 aromatic carbocycles. The zero-order chi connectivity index (χ0) is 20.9. The van der Waals surface area contributed by atoms with Crippen LogP contribution in [0.2, 0.25) is 0 Å². The molecule has 2 aromatic rings. The molecule has 0 N–H and O–H groups in total. The van der Waals surface area contributed by atoms with E-state index in [2.05, 4.69) is 29.2 Å². The lowest BCUT2D eigenvalue weighted by Crippen LogP contribution is -2.36. The lowest BCUT2D eigenvalue weighted by atomic mass is 10.1. The van der Waals surface area contributed by atoms with Crippen LogP contribution in [0.4, 0.5) is 11.4 Å². The van der Waals surface area contributed by atoms with Gasteiger partial charge in [0.15, 0.2) is 0 Å². The van der Waals surface area contributed by atoms with Crippen LogP contribution < -0.4 is 9.80 Å². The lowest BCUT2D eigenvalue weighted by Gasteiger charge is -2.29. The Balaban J connectivity index is 1.36. The van der Waals surface area contributed by atoms with E-state index in [4.69, 9.17) is 4.74 Å². The van der Waals surface area contributed by atoms with E-state index in [1.807, 2.05) is 36.2 Å². The minimum atomic E-state index is -0.0243. The maximum Gasteiger partial charge on any atom is 0.253 e. The minimum absolute atomic E-state index is 0.0243. The van der Waals surface area contributed by atoms with Gasteiger partial charge in [-0.25, -0.2) is 0 Å². The Morgan fingerprint density at radius 3 is 2.27 bits per heavy atom. The fourth-order valence-corrected chi connectivity index (χ4v) is 4.06. The van der Waals surface area contributed by atoms with Crippen molar-refractivity contribution in [3.05, 3.63) is 59.7 Å². The molecular formula is C24H29N3O3. The van der Waals surface area contributed by atoms with Crippen LogP contribution in [0.25, 0.3) is 0 Å². The summed E-state index contributed by atoms with van der Waals surface area (Å²) in [4.78, 5) is 30.8. The van der Waals surface area contributed by atoms with Gasteiger partial charge in [-0.1, -0.05) is 12.1 Å². The summed E-state index contributed by atoms with van der Waals surface area (Å²) in [7, 11) is 1.82. The summed E-state index contributed by atoms with van der Waals surface area (Å²) < 4.78 is 5.41. The Labute approximate surface area is 178 Å².